The van der Waals surface area contributed by atoms with E-state index in [-0.39, 0.29) is 41.1 Å². The molecule has 3 rings (SSSR count). The fourth-order valence-corrected chi connectivity index (χ4v) is 6.11. The van der Waals surface area contributed by atoms with Gasteiger partial charge in [0.2, 0.25) is 21.8 Å². The maximum Gasteiger partial charge on any atom is 0.251 e. The predicted molar refractivity (Wildman–Crippen MR) is 199 cm³/mol. The molecule has 5 N–H and O–H groups in total. The number of hydrogen-bond donors (Lipinski definition) is 5. The van der Waals surface area contributed by atoms with Crippen LogP contribution >= 0.6 is 11.3 Å². The van der Waals surface area contributed by atoms with Crippen molar-refractivity contribution in [3.8, 4) is 5.75 Å². The number of ether oxygens (including phenoxy) is 1. The lowest BCUT2D eigenvalue weighted by Gasteiger charge is -2.25. The van der Waals surface area contributed by atoms with Crippen LogP contribution < -0.4 is 35.6 Å². The Morgan fingerprint density at radius 2 is 1.55 bits per heavy atom. The van der Waals surface area contributed by atoms with E-state index < -0.39 is 46.0 Å². The van der Waals surface area contributed by atoms with E-state index in [0.29, 0.717) is 18.7 Å². The molecule has 0 unspecified atom stereocenters. The number of hydrogen-bond acceptors (Lipinski definition) is 10. The molecular weight excluding hydrogens is 695 g/mol. The van der Waals surface area contributed by atoms with Gasteiger partial charge < -0.3 is 31.3 Å². The topological polar surface area (TPSA) is 188 Å². The fraction of sp³-hybridized carbons (Fsp3) is 0.457. The van der Waals surface area contributed by atoms with Gasteiger partial charge in [-0.3, -0.25) is 23.5 Å². The zero-order valence-corrected chi connectivity index (χ0v) is 31.9. The van der Waals surface area contributed by atoms with Crippen LogP contribution in [0.4, 0.5) is 5.69 Å². The normalized spacial score (nSPS) is 13.7. The Morgan fingerprint density at radius 3 is 2.08 bits per heavy atom. The van der Waals surface area contributed by atoms with Gasteiger partial charge in [-0.05, 0) is 62.6 Å². The second kappa shape index (κ2) is 18.6. The number of carbonyl (C=O) groups is 4. The lowest BCUT2D eigenvalue weighted by molar-refractivity contribution is -0.130. The average molecular weight is 744 g/mol. The number of likely N-dealkylation sites (N-methyl/N-ethyl adjacent to an activating group) is 1. The molecule has 4 atom stereocenters. The van der Waals surface area contributed by atoms with Crippen molar-refractivity contribution < 1.29 is 32.3 Å². The molecule has 0 spiro atoms. The van der Waals surface area contributed by atoms with Crippen LogP contribution in [0.5, 0.6) is 5.75 Å². The second-order valence-corrected chi connectivity index (χ2v) is 15.3. The number of sulfonamides is 1. The first-order valence-corrected chi connectivity index (χ1v) is 19.4. The molecule has 0 fully saturated rings. The Hall–Kier alpha value is -4.54. The second-order valence-electron chi connectivity index (χ2n) is 12.6. The first kappa shape index (κ1) is 40.9. The van der Waals surface area contributed by atoms with Gasteiger partial charge in [0.1, 0.15) is 11.8 Å². The lowest BCUT2D eigenvalue weighted by Crippen LogP contribution is -2.55. The van der Waals surface area contributed by atoms with E-state index in [9.17, 15) is 27.6 Å². The van der Waals surface area contributed by atoms with Crippen molar-refractivity contribution in [2.45, 2.75) is 65.2 Å². The van der Waals surface area contributed by atoms with Crippen molar-refractivity contribution in [2.75, 3.05) is 37.8 Å². The van der Waals surface area contributed by atoms with Crippen molar-refractivity contribution in [2.24, 2.45) is 5.92 Å². The lowest BCUT2D eigenvalue weighted by atomic mass is 10.0. The molecule has 0 saturated carbocycles. The summed E-state index contributed by atoms with van der Waals surface area (Å²) in [5, 5.41) is 16.4. The molecule has 1 aromatic heterocycles. The van der Waals surface area contributed by atoms with Gasteiger partial charge in [-0.15, -0.1) is 11.3 Å². The summed E-state index contributed by atoms with van der Waals surface area (Å²) in [5.74, 6) is -1.19. The van der Waals surface area contributed by atoms with E-state index in [4.69, 9.17) is 4.74 Å². The third-order valence-electron chi connectivity index (χ3n) is 8.20. The van der Waals surface area contributed by atoms with Crippen molar-refractivity contribution in [3.05, 3.63) is 75.7 Å². The molecule has 4 amide bonds. The van der Waals surface area contributed by atoms with Crippen molar-refractivity contribution in [1.29, 1.82) is 0 Å². The summed E-state index contributed by atoms with van der Waals surface area (Å²) in [7, 11) is -0.843. The molecule has 2 aromatic carbocycles. The SMILES string of the molecule is CCNC(=O)[C@@H](NC(=O)[C@H](C)NC[C@H](Cc1cscn1)NC(=O)c1cc(C(=O)N[C@H](C)c2ccc(OC)cc2)cc(N(C)S(C)(=O)=O)c1)C(C)C. The molecule has 0 bridgehead atoms. The van der Waals surface area contributed by atoms with E-state index in [1.54, 1.807) is 45.5 Å². The number of amides is 4. The number of rotatable bonds is 18. The predicted octanol–water partition coefficient (Wildman–Crippen LogP) is 2.63. The minimum absolute atomic E-state index is 0.0565. The van der Waals surface area contributed by atoms with Gasteiger partial charge in [-0.1, -0.05) is 26.0 Å². The van der Waals surface area contributed by atoms with Gasteiger partial charge in [-0.2, -0.15) is 0 Å². The molecule has 0 radical (unpaired) electrons. The largest absolute Gasteiger partial charge is 0.497 e. The maximum atomic E-state index is 13.8. The molecule has 0 aliphatic heterocycles. The van der Waals surface area contributed by atoms with Gasteiger partial charge in [0, 0.05) is 49.1 Å². The van der Waals surface area contributed by atoms with Crippen LogP contribution in [0, 0.1) is 5.92 Å². The van der Waals surface area contributed by atoms with E-state index in [1.165, 1.54) is 36.6 Å². The number of aromatic nitrogens is 1. The Kier molecular flexibility index (Phi) is 14.9. The molecule has 3 aromatic rings. The van der Waals surface area contributed by atoms with E-state index in [1.807, 2.05) is 31.4 Å². The van der Waals surface area contributed by atoms with Gasteiger partial charge in [0.15, 0.2) is 0 Å². The monoisotopic (exact) mass is 743 g/mol. The number of anilines is 1. The Balaban J connectivity index is 1.84. The summed E-state index contributed by atoms with van der Waals surface area (Å²) in [5.41, 5.74) is 3.47. The third-order valence-corrected chi connectivity index (χ3v) is 10.0. The highest BCUT2D eigenvalue weighted by Crippen LogP contribution is 2.23. The molecule has 0 aliphatic carbocycles. The molecule has 0 aliphatic rings. The summed E-state index contributed by atoms with van der Waals surface area (Å²) in [6.45, 7) is 9.55. The van der Waals surface area contributed by atoms with Crippen LogP contribution in [-0.4, -0.2) is 88.7 Å². The van der Waals surface area contributed by atoms with Crippen LogP contribution in [0.2, 0.25) is 0 Å². The summed E-state index contributed by atoms with van der Waals surface area (Å²) >= 11 is 1.40. The highest BCUT2D eigenvalue weighted by Gasteiger charge is 2.27. The Labute approximate surface area is 304 Å². The van der Waals surface area contributed by atoms with Crippen LogP contribution in [0.1, 0.15) is 72.6 Å². The Morgan fingerprint density at radius 1 is 0.922 bits per heavy atom. The number of methoxy groups -OCH3 is 1. The summed E-state index contributed by atoms with van der Waals surface area (Å²) in [6, 6.07) is 9.00. The van der Waals surface area contributed by atoms with Crippen molar-refractivity contribution in [3.63, 3.8) is 0 Å². The summed E-state index contributed by atoms with van der Waals surface area (Å²) in [6.07, 6.45) is 1.34. The Bertz CT molecular complexity index is 1750. The number of nitrogens with zero attached hydrogens (tertiary/aromatic N) is 2. The first-order chi connectivity index (χ1) is 24.0. The van der Waals surface area contributed by atoms with Gasteiger partial charge in [0.25, 0.3) is 11.8 Å². The molecule has 0 saturated heterocycles. The highest BCUT2D eigenvalue weighted by atomic mass is 32.2. The molecule has 278 valence electrons. The van der Waals surface area contributed by atoms with Crippen LogP contribution in [0.15, 0.2) is 53.4 Å². The van der Waals surface area contributed by atoms with E-state index in [2.05, 4.69) is 31.6 Å². The smallest absolute Gasteiger partial charge is 0.251 e. The first-order valence-electron chi connectivity index (χ1n) is 16.6. The number of carbonyl (C=O) groups excluding carboxylic acids is 4. The summed E-state index contributed by atoms with van der Waals surface area (Å²) in [4.78, 5) is 57.3. The summed E-state index contributed by atoms with van der Waals surface area (Å²) < 4.78 is 31.2. The van der Waals surface area contributed by atoms with Crippen molar-refractivity contribution >= 4 is 50.7 Å². The standard InChI is InChI=1S/C35H49N7O7S2/c1-9-36-35(46)31(21(2)3)41-32(43)23(5)37-18-27(17-28-19-50-20-38-28)40-34(45)26-14-25(15-29(16-26)42(6)51(8,47)48)33(44)39-22(4)24-10-12-30(49-7)13-11-24/h10-16,19-23,27,31,37H,9,17-18H2,1-8H3,(H,36,46)(H,39,44)(H,40,45)(H,41,43)/t22-,23+,27+,31+/m1/s1. The van der Waals surface area contributed by atoms with Gasteiger partial charge >= 0.3 is 0 Å². The zero-order chi connectivity index (χ0) is 37.9. The van der Waals surface area contributed by atoms with E-state index >= 15 is 0 Å². The quantitative estimate of drug-likeness (QED) is 0.131. The average Bonchev–Trinajstić information content (AvgIpc) is 3.61. The van der Waals surface area contributed by atoms with Crippen LogP contribution in [0.25, 0.3) is 0 Å². The molecule has 1 heterocycles. The highest BCUT2D eigenvalue weighted by molar-refractivity contribution is 7.92. The van der Waals surface area contributed by atoms with Crippen LogP contribution in [-0.2, 0) is 26.0 Å². The third kappa shape index (κ3) is 12.0. The van der Waals surface area contributed by atoms with E-state index in [0.717, 1.165) is 21.8 Å². The minimum atomic E-state index is -3.74. The molecule has 14 nitrogen and oxygen atoms in total. The number of nitrogens with one attached hydrogen (secondary N) is 5. The van der Waals surface area contributed by atoms with Gasteiger partial charge in [-0.25, -0.2) is 13.4 Å². The molecule has 51 heavy (non-hydrogen) atoms. The minimum Gasteiger partial charge on any atom is -0.497 e. The maximum absolute atomic E-state index is 13.8. The fourth-order valence-electron chi connectivity index (χ4n) is 5.05. The van der Waals surface area contributed by atoms with Gasteiger partial charge in [0.05, 0.1) is 42.3 Å². The molecule has 16 heteroatoms. The zero-order valence-electron chi connectivity index (χ0n) is 30.3. The van der Waals surface area contributed by atoms with Crippen LogP contribution in [0.3, 0.4) is 0 Å². The number of benzene rings is 2. The van der Waals surface area contributed by atoms with Crippen molar-refractivity contribution in [1.82, 2.24) is 31.6 Å². The molecular formula is C35H49N7O7S2. The number of thiazole rings is 1.